The van der Waals surface area contributed by atoms with Crippen molar-refractivity contribution in [1.82, 2.24) is 20.4 Å². The third kappa shape index (κ3) is 7.29. The Bertz CT molecular complexity index is 461. The second kappa shape index (κ2) is 11.0. The Morgan fingerprint density at radius 1 is 0.958 bits per heavy atom. The lowest BCUT2D eigenvalue weighted by Gasteiger charge is -2.34. The molecule has 2 rings (SSSR count). The van der Waals surface area contributed by atoms with Crippen LogP contribution in [0, 0.1) is 0 Å². The molecule has 0 spiro atoms. The maximum absolute atomic E-state index is 11.5. The zero-order valence-electron chi connectivity index (χ0n) is 14.4. The first-order chi connectivity index (χ1) is 11.8. The number of aliphatic hydroxyl groups excluding tert-OH is 1. The van der Waals surface area contributed by atoms with Crippen LogP contribution in [0.2, 0.25) is 0 Å². The largest absolute Gasteiger partial charge is 0.396 e. The summed E-state index contributed by atoms with van der Waals surface area (Å²) in [6.07, 6.45) is 1.56. The van der Waals surface area contributed by atoms with Crippen LogP contribution < -0.4 is 10.6 Å². The van der Waals surface area contributed by atoms with Crippen LogP contribution >= 0.6 is 0 Å². The van der Waals surface area contributed by atoms with Crippen molar-refractivity contribution in [1.29, 1.82) is 0 Å². The molecule has 1 aromatic carbocycles. The minimum atomic E-state index is -0.142. The Kier molecular flexibility index (Phi) is 8.59. The molecule has 2 amide bonds. The van der Waals surface area contributed by atoms with Crippen molar-refractivity contribution in [2.24, 2.45) is 0 Å². The van der Waals surface area contributed by atoms with Gasteiger partial charge in [-0.2, -0.15) is 0 Å². The topological polar surface area (TPSA) is 67.8 Å². The summed E-state index contributed by atoms with van der Waals surface area (Å²) in [4.78, 5) is 16.4. The fourth-order valence-corrected chi connectivity index (χ4v) is 2.86. The number of urea groups is 1. The number of carbonyl (C=O) groups is 1. The normalized spacial score (nSPS) is 16.0. The van der Waals surface area contributed by atoms with E-state index in [1.807, 2.05) is 0 Å². The summed E-state index contributed by atoms with van der Waals surface area (Å²) in [7, 11) is 0. The van der Waals surface area contributed by atoms with Crippen molar-refractivity contribution < 1.29 is 9.90 Å². The van der Waals surface area contributed by atoms with Gasteiger partial charge in [-0.05, 0) is 24.9 Å². The van der Waals surface area contributed by atoms with E-state index in [-0.39, 0.29) is 12.6 Å². The van der Waals surface area contributed by atoms with Gasteiger partial charge in [0, 0.05) is 52.4 Å². The summed E-state index contributed by atoms with van der Waals surface area (Å²) >= 11 is 0. The van der Waals surface area contributed by atoms with Gasteiger partial charge in [-0.3, -0.25) is 4.90 Å². The van der Waals surface area contributed by atoms with Gasteiger partial charge in [-0.15, -0.1) is 0 Å². The molecule has 0 aliphatic carbocycles. The monoisotopic (exact) mass is 334 g/mol. The number of carbonyl (C=O) groups excluding carboxylic acids is 1. The molecule has 1 fully saturated rings. The first-order valence-corrected chi connectivity index (χ1v) is 8.89. The fraction of sp³-hybridized carbons (Fsp3) is 0.611. The molecule has 24 heavy (non-hydrogen) atoms. The molecular weight excluding hydrogens is 304 g/mol. The van der Waals surface area contributed by atoms with Gasteiger partial charge >= 0.3 is 6.03 Å². The number of hydrogen-bond acceptors (Lipinski definition) is 4. The van der Waals surface area contributed by atoms with Crippen LogP contribution in [0.15, 0.2) is 30.3 Å². The highest BCUT2D eigenvalue weighted by Crippen LogP contribution is 2.08. The molecule has 0 radical (unpaired) electrons. The first-order valence-electron chi connectivity index (χ1n) is 8.89. The molecule has 1 aromatic rings. The molecule has 3 N–H and O–H groups in total. The molecule has 1 saturated heterocycles. The van der Waals surface area contributed by atoms with Gasteiger partial charge in [0.2, 0.25) is 0 Å². The van der Waals surface area contributed by atoms with Crippen LogP contribution in [0.5, 0.6) is 0 Å². The van der Waals surface area contributed by atoms with E-state index >= 15 is 0 Å². The van der Waals surface area contributed by atoms with Crippen LogP contribution in [0.25, 0.3) is 0 Å². The smallest absolute Gasteiger partial charge is 0.314 e. The molecule has 0 bridgehead atoms. The minimum Gasteiger partial charge on any atom is -0.396 e. The first kappa shape index (κ1) is 18.7. The lowest BCUT2D eigenvalue weighted by atomic mass is 10.2. The fourth-order valence-electron chi connectivity index (χ4n) is 2.86. The lowest BCUT2D eigenvalue weighted by Crippen LogP contribution is -2.46. The average molecular weight is 334 g/mol. The maximum Gasteiger partial charge on any atom is 0.314 e. The molecule has 0 saturated carbocycles. The zero-order valence-corrected chi connectivity index (χ0v) is 14.4. The predicted molar refractivity (Wildman–Crippen MR) is 95.9 cm³/mol. The van der Waals surface area contributed by atoms with E-state index < -0.39 is 0 Å². The molecule has 1 aliphatic heterocycles. The van der Waals surface area contributed by atoms with Gasteiger partial charge < -0.3 is 20.6 Å². The van der Waals surface area contributed by atoms with Crippen LogP contribution in [0.3, 0.4) is 0 Å². The van der Waals surface area contributed by atoms with Gasteiger partial charge in [-0.1, -0.05) is 30.3 Å². The SMILES string of the molecule is O=C(NCCCO)NCCCN1CCN(Cc2ccccc2)CC1. The van der Waals surface area contributed by atoms with Gasteiger partial charge in [0.1, 0.15) is 0 Å². The minimum absolute atomic E-state index is 0.108. The van der Waals surface area contributed by atoms with Crippen molar-refractivity contribution in [3.8, 4) is 0 Å². The molecule has 0 aromatic heterocycles. The number of rotatable bonds is 9. The quantitative estimate of drug-likeness (QED) is 0.587. The summed E-state index contributed by atoms with van der Waals surface area (Å²) in [6.45, 7) is 7.76. The van der Waals surface area contributed by atoms with E-state index in [0.717, 1.165) is 45.7 Å². The molecule has 1 aliphatic rings. The number of nitrogens with one attached hydrogen (secondary N) is 2. The molecular formula is C18H30N4O2. The second-order valence-corrected chi connectivity index (χ2v) is 6.22. The summed E-state index contributed by atoms with van der Waals surface area (Å²) in [6, 6.07) is 10.5. The number of benzene rings is 1. The predicted octanol–water partition coefficient (Wildman–Crippen LogP) is 0.876. The van der Waals surface area contributed by atoms with E-state index in [9.17, 15) is 4.79 Å². The summed E-state index contributed by atoms with van der Waals surface area (Å²) in [5, 5.41) is 14.2. The highest BCUT2D eigenvalue weighted by molar-refractivity contribution is 5.73. The van der Waals surface area contributed by atoms with Gasteiger partial charge in [0.15, 0.2) is 0 Å². The summed E-state index contributed by atoms with van der Waals surface area (Å²) < 4.78 is 0. The van der Waals surface area contributed by atoms with E-state index in [1.54, 1.807) is 0 Å². The third-order valence-electron chi connectivity index (χ3n) is 4.27. The van der Waals surface area contributed by atoms with E-state index in [2.05, 4.69) is 50.8 Å². The Balaban J connectivity index is 1.51. The lowest BCUT2D eigenvalue weighted by molar-refractivity contribution is 0.126. The Morgan fingerprint density at radius 2 is 1.58 bits per heavy atom. The summed E-state index contributed by atoms with van der Waals surface area (Å²) in [5.74, 6) is 0. The standard InChI is InChI=1S/C18H30N4O2/c23-15-5-9-20-18(24)19-8-4-10-21-11-13-22(14-12-21)16-17-6-2-1-3-7-17/h1-3,6-7,23H,4-5,8-16H2,(H2,19,20,24). The zero-order chi connectivity index (χ0) is 17.0. The van der Waals surface area contributed by atoms with Crippen molar-refractivity contribution in [2.45, 2.75) is 19.4 Å². The van der Waals surface area contributed by atoms with Crippen LogP contribution in [0.4, 0.5) is 4.79 Å². The number of amides is 2. The van der Waals surface area contributed by atoms with Gasteiger partial charge in [0.05, 0.1) is 0 Å². The molecule has 6 heteroatoms. The van der Waals surface area contributed by atoms with Gasteiger partial charge in [-0.25, -0.2) is 4.79 Å². The van der Waals surface area contributed by atoms with E-state index in [4.69, 9.17) is 5.11 Å². The van der Waals surface area contributed by atoms with Crippen molar-refractivity contribution in [2.75, 3.05) is 52.4 Å². The van der Waals surface area contributed by atoms with Crippen LogP contribution in [-0.4, -0.2) is 73.4 Å². The Hall–Kier alpha value is -1.63. The van der Waals surface area contributed by atoms with Crippen molar-refractivity contribution in [3.05, 3.63) is 35.9 Å². The molecule has 0 atom stereocenters. The molecule has 6 nitrogen and oxygen atoms in total. The summed E-state index contributed by atoms with van der Waals surface area (Å²) in [5.41, 5.74) is 1.38. The molecule has 1 heterocycles. The molecule has 0 unspecified atom stereocenters. The van der Waals surface area contributed by atoms with E-state index in [1.165, 1.54) is 5.56 Å². The Morgan fingerprint density at radius 3 is 2.25 bits per heavy atom. The second-order valence-electron chi connectivity index (χ2n) is 6.22. The Labute approximate surface area is 144 Å². The highest BCUT2D eigenvalue weighted by atomic mass is 16.3. The van der Waals surface area contributed by atoms with E-state index in [0.29, 0.717) is 19.5 Å². The average Bonchev–Trinajstić information content (AvgIpc) is 2.61. The van der Waals surface area contributed by atoms with Crippen molar-refractivity contribution >= 4 is 6.03 Å². The van der Waals surface area contributed by atoms with Crippen LogP contribution in [-0.2, 0) is 6.54 Å². The number of hydrogen-bond donors (Lipinski definition) is 3. The van der Waals surface area contributed by atoms with Gasteiger partial charge in [0.25, 0.3) is 0 Å². The number of nitrogens with zero attached hydrogens (tertiary/aromatic N) is 2. The highest BCUT2D eigenvalue weighted by Gasteiger charge is 2.16. The van der Waals surface area contributed by atoms with Crippen molar-refractivity contribution in [3.63, 3.8) is 0 Å². The third-order valence-corrected chi connectivity index (χ3v) is 4.27. The number of aliphatic hydroxyl groups is 1. The molecule has 134 valence electrons. The number of piperazine rings is 1. The van der Waals surface area contributed by atoms with Crippen LogP contribution in [0.1, 0.15) is 18.4 Å². The maximum atomic E-state index is 11.5.